The predicted molar refractivity (Wildman–Crippen MR) is 192 cm³/mol. The monoisotopic (exact) mass is 703 g/mol. The number of methoxy groups -OCH3 is 3. The van der Waals surface area contributed by atoms with Crippen LogP contribution in [-0.4, -0.2) is 72.2 Å². The topological polar surface area (TPSA) is 124 Å². The zero-order valence-electron chi connectivity index (χ0n) is 29.1. The number of amides is 2. The minimum absolute atomic E-state index is 0.0145. The highest BCUT2D eigenvalue weighted by molar-refractivity contribution is 7.92. The summed E-state index contributed by atoms with van der Waals surface area (Å²) in [6, 6.07) is 26.3. The fourth-order valence-corrected chi connectivity index (χ4v) is 6.83. The Morgan fingerprint density at radius 2 is 1.46 bits per heavy atom. The van der Waals surface area contributed by atoms with E-state index in [2.05, 4.69) is 5.32 Å². The molecule has 2 amide bonds. The second-order valence-corrected chi connectivity index (χ2v) is 13.2. The lowest BCUT2D eigenvalue weighted by Gasteiger charge is -2.34. The number of hydrogen-bond acceptors (Lipinski definition) is 8. The van der Waals surface area contributed by atoms with E-state index >= 15 is 0 Å². The summed E-state index contributed by atoms with van der Waals surface area (Å²) in [6.07, 6.45) is 0.903. The summed E-state index contributed by atoms with van der Waals surface area (Å²) >= 11 is 0. The molecule has 0 unspecified atom stereocenters. The molecule has 0 heterocycles. The average molecular weight is 704 g/mol. The van der Waals surface area contributed by atoms with Crippen LogP contribution in [0.15, 0.2) is 102 Å². The Balaban J connectivity index is 1.84. The first-order valence-electron chi connectivity index (χ1n) is 16.4. The van der Waals surface area contributed by atoms with Crippen molar-refractivity contribution in [1.29, 1.82) is 0 Å². The molecule has 0 aromatic heterocycles. The molecule has 11 nitrogen and oxygen atoms in total. The maximum atomic E-state index is 14.7. The van der Waals surface area contributed by atoms with Gasteiger partial charge in [-0.05, 0) is 73.0 Å². The summed E-state index contributed by atoms with van der Waals surface area (Å²) in [5, 5.41) is 2.95. The van der Waals surface area contributed by atoms with Gasteiger partial charge in [-0.3, -0.25) is 13.9 Å². The number of carbonyl (C=O) groups is 2. The van der Waals surface area contributed by atoms with Gasteiger partial charge in [0.2, 0.25) is 11.8 Å². The normalized spacial score (nSPS) is 11.6. The van der Waals surface area contributed by atoms with Crippen LogP contribution in [0.5, 0.6) is 23.0 Å². The predicted octanol–water partition coefficient (Wildman–Crippen LogP) is 5.47. The molecule has 1 N–H and O–H groups in total. The second kappa shape index (κ2) is 18.0. The zero-order chi connectivity index (χ0) is 36.1. The third kappa shape index (κ3) is 9.47. The third-order valence-electron chi connectivity index (χ3n) is 7.96. The fourth-order valence-electron chi connectivity index (χ4n) is 5.40. The van der Waals surface area contributed by atoms with Crippen LogP contribution in [-0.2, 0) is 32.6 Å². The molecule has 1 atom stereocenters. The van der Waals surface area contributed by atoms with Gasteiger partial charge in [0.1, 0.15) is 24.1 Å². The van der Waals surface area contributed by atoms with E-state index < -0.39 is 28.5 Å². The van der Waals surface area contributed by atoms with Gasteiger partial charge in [-0.25, -0.2) is 8.42 Å². The largest absolute Gasteiger partial charge is 0.497 e. The van der Waals surface area contributed by atoms with Gasteiger partial charge >= 0.3 is 0 Å². The number of ether oxygens (including phenoxy) is 4. The number of benzene rings is 4. The van der Waals surface area contributed by atoms with E-state index in [4.69, 9.17) is 18.9 Å². The van der Waals surface area contributed by atoms with Gasteiger partial charge < -0.3 is 29.2 Å². The summed E-state index contributed by atoms with van der Waals surface area (Å²) in [4.78, 5) is 29.9. The SMILES string of the molecule is CCCNC(=O)[C@@H](Cc1ccccc1)N(Cc1cccc(OC)c1)C(=O)CN(c1ccc(OCC)cc1)S(=O)(=O)c1ccc(OC)c(OC)c1. The number of sulfonamides is 1. The summed E-state index contributed by atoms with van der Waals surface area (Å²) in [5.74, 6) is 0.752. The van der Waals surface area contributed by atoms with Crippen molar-refractivity contribution < 1.29 is 37.0 Å². The number of anilines is 1. The van der Waals surface area contributed by atoms with Crippen molar-refractivity contribution in [1.82, 2.24) is 10.2 Å². The Morgan fingerprint density at radius 1 is 0.760 bits per heavy atom. The summed E-state index contributed by atoms with van der Waals surface area (Å²) < 4.78 is 51.7. The van der Waals surface area contributed by atoms with Crippen LogP contribution in [0.25, 0.3) is 0 Å². The maximum Gasteiger partial charge on any atom is 0.264 e. The fraction of sp³-hybridized carbons (Fsp3) is 0.316. The van der Waals surface area contributed by atoms with Crippen LogP contribution in [0.2, 0.25) is 0 Å². The third-order valence-corrected chi connectivity index (χ3v) is 9.73. The standard InChI is InChI=1S/C38H45N3O8S/c1-6-22-39-38(43)34(24-28-12-9-8-10-13-28)40(26-29-14-11-15-32(23-29)46-3)37(42)27-41(30-16-18-31(19-17-30)49-7-2)50(44,45)33-20-21-35(47-4)36(25-33)48-5/h8-21,23,25,34H,6-7,22,24,26-27H2,1-5H3,(H,39,43)/t34-/m1/s1. The minimum Gasteiger partial charge on any atom is -0.497 e. The van der Waals surface area contributed by atoms with E-state index in [0.717, 1.165) is 9.87 Å². The Hall–Kier alpha value is -5.23. The molecular formula is C38H45N3O8S. The highest BCUT2D eigenvalue weighted by atomic mass is 32.2. The Bertz CT molecular complexity index is 1820. The maximum absolute atomic E-state index is 14.7. The quantitative estimate of drug-likeness (QED) is 0.145. The summed E-state index contributed by atoms with van der Waals surface area (Å²) in [7, 11) is 0.0351. The first-order chi connectivity index (χ1) is 24.1. The highest BCUT2D eigenvalue weighted by Crippen LogP contribution is 2.33. The van der Waals surface area contributed by atoms with Crippen LogP contribution >= 0.6 is 0 Å². The second-order valence-electron chi connectivity index (χ2n) is 11.3. The molecule has 0 aliphatic carbocycles. The van der Waals surface area contributed by atoms with Gasteiger partial charge in [0.15, 0.2) is 11.5 Å². The molecule has 0 saturated carbocycles. The average Bonchev–Trinajstić information content (AvgIpc) is 3.14. The molecule has 0 saturated heterocycles. The van der Waals surface area contributed by atoms with Gasteiger partial charge in [0.05, 0.1) is 38.5 Å². The van der Waals surface area contributed by atoms with E-state index in [1.165, 1.54) is 37.3 Å². The molecular weight excluding hydrogens is 658 g/mol. The first-order valence-corrected chi connectivity index (χ1v) is 17.8. The van der Waals surface area contributed by atoms with Gasteiger partial charge in [-0.2, -0.15) is 0 Å². The molecule has 0 fully saturated rings. The molecule has 0 aliphatic rings. The molecule has 0 spiro atoms. The molecule has 4 aromatic carbocycles. The van der Waals surface area contributed by atoms with Gasteiger partial charge in [0.25, 0.3) is 10.0 Å². The minimum atomic E-state index is -4.38. The summed E-state index contributed by atoms with van der Waals surface area (Å²) in [5.41, 5.74) is 1.77. The van der Waals surface area contributed by atoms with Crippen LogP contribution < -0.4 is 28.6 Å². The van der Waals surface area contributed by atoms with Crippen LogP contribution in [0.3, 0.4) is 0 Å². The Kier molecular flexibility index (Phi) is 13.5. The van der Waals surface area contributed by atoms with E-state index in [9.17, 15) is 18.0 Å². The van der Waals surface area contributed by atoms with Crippen molar-refractivity contribution in [3.05, 3.63) is 108 Å². The smallest absolute Gasteiger partial charge is 0.264 e. The van der Waals surface area contributed by atoms with Crippen molar-refractivity contribution in [2.24, 2.45) is 0 Å². The van der Waals surface area contributed by atoms with Gasteiger partial charge in [-0.1, -0.05) is 49.4 Å². The molecule has 266 valence electrons. The van der Waals surface area contributed by atoms with E-state index in [0.29, 0.717) is 42.4 Å². The van der Waals surface area contributed by atoms with E-state index in [1.54, 1.807) is 49.6 Å². The van der Waals surface area contributed by atoms with Crippen LogP contribution in [0.4, 0.5) is 5.69 Å². The van der Waals surface area contributed by atoms with E-state index in [1.807, 2.05) is 50.2 Å². The van der Waals surface area contributed by atoms with Crippen molar-refractivity contribution in [2.75, 3.05) is 45.3 Å². The van der Waals surface area contributed by atoms with Crippen molar-refractivity contribution in [3.8, 4) is 23.0 Å². The van der Waals surface area contributed by atoms with Crippen LogP contribution in [0.1, 0.15) is 31.4 Å². The number of nitrogens with zero attached hydrogens (tertiary/aromatic N) is 2. The highest BCUT2D eigenvalue weighted by Gasteiger charge is 2.35. The lowest BCUT2D eigenvalue weighted by atomic mass is 10.0. The Labute approximate surface area is 294 Å². The molecule has 12 heteroatoms. The molecule has 4 aromatic rings. The lowest BCUT2D eigenvalue weighted by molar-refractivity contribution is -0.140. The van der Waals surface area contributed by atoms with Crippen molar-refractivity contribution in [3.63, 3.8) is 0 Å². The van der Waals surface area contributed by atoms with Gasteiger partial charge in [-0.15, -0.1) is 0 Å². The lowest BCUT2D eigenvalue weighted by Crippen LogP contribution is -2.53. The molecule has 0 aliphatic heterocycles. The van der Waals surface area contributed by atoms with Gasteiger partial charge in [0, 0.05) is 25.6 Å². The molecule has 50 heavy (non-hydrogen) atoms. The van der Waals surface area contributed by atoms with Crippen molar-refractivity contribution >= 4 is 27.5 Å². The molecule has 0 radical (unpaired) electrons. The van der Waals surface area contributed by atoms with Crippen LogP contribution in [0, 0.1) is 0 Å². The molecule has 4 rings (SSSR count). The molecule has 0 bridgehead atoms. The number of rotatable bonds is 18. The first kappa shape index (κ1) is 37.6. The number of nitrogens with one attached hydrogen (secondary N) is 1. The number of hydrogen-bond donors (Lipinski definition) is 1. The van der Waals surface area contributed by atoms with Crippen molar-refractivity contribution in [2.45, 2.75) is 44.2 Å². The van der Waals surface area contributed by atoms with E-state index in [-0.39, 0.29) is 35.2 Å². The number of carbonyl (C=O) groups excluding carboxylic acids is 2. The Morgan fingerprint density at radius 3 is 2.10 bits per heavy atom. The zero-order valence-corrected chi connectivity index (χ0v) is 29.9. The summed E-state index contributed by atoms with van der Waals surface area (Å²) in [6.45, 7) is 4.03.